The van der Waals surface area contributed by atoms with Crippen molar-refractivity contribution >= 4 is 25.9 Å². The lowest BCUT2D eigenvalue weighted by atomic mass is 10.2. The summed E-state index contributed by atoms with van der Waals surface area (Å²) < 4.78 is 1.52. The van der Waals surface area contributed by atoms with Crippen LogP contribution in [0.2, 0.25) is 19.6 Å². The highest BCUT2D eigenvalue weighted by Crippen LogP contribution is 2.34. The lowest BCUT2D eigenvalue weighted by molar-refractivity contribution is 1.47. The van der Waals surface area contributed by atoms with Crippen molar-refractivity contribution in [3.8, 4) is 0 Å². The molecular weight excluding hydrogens is 264 g/mol. The molecule has 2 rings (SSSR count). The molecule has 0 spiro atoms. The van der Waals surface area contributed by atoms with Gasteiger partial charge in [-0.2, -0.15) is 0 Å². The van der Waals surface area contributed by atoms with E-state index in [0.717, 1.165) is 0 Å². The van der Waals surface area contributed by atoms with Crippen LogP contribution in [0.25, 0.3) is 6.08 Å². The van der Waals surface area contributed by atoms with Crippen LogP contribution in [-0.2, 0) is 0 Å². The van der Waals surface area contributed by atoms with Gasteiger partial charge in [0.15, 0.2) is 0 Å². The fourth-order valence-electron chi connectivity index (χ4n) is 1.72. The number of rotatable bonds is 4. The Morgan fingerprint density at radius 1 is 0.842 bits per heavy atom. The van der Waals surface area contributed by atoms with E-state index in [0.29, 0.717) is 0 Å². The molecule has 2 aromatic carbocycles. The average Bonchev–Trinajstić information content (AvgIpc) is 2.39. The van der Waals surface area contributed by atoms with E-state index in [4.69, 9.17) is 0 Å². The van der Waals surface area contributed by atoms with E-state index in [2.05, 4.69) is 86.4 Å². The van der Waals surface area contributed by atoms with Crippen LogP contribution in [0.15, 0.2) is 70.1 Å². The molecule has 0 saturated heterocycles. The topological polar surface area (TPSA) is 0 Å². The Labute approximate surface area is 121 Å². The minimum atomic E-state index is -1.33. The second-order valence-electron chi connectivity index (χ2n) is 5.58. The van der Waals surface area contributed by atoms with Crippen molar-refractivity contribution in [2.45, 2.75) is 24.5 Å². The molecule has 2 heteroatoms. The van der Waals surface area contributed by atoms with Gasteiger partial charge >= 0.3 is 0 Å². The fraction of sp³-hybridized carbons (Fsp3) is 0.176. The van der Waals surface area contributed by atoms with Crippen molar-refractivity contribution < 1.29 is 0 Å². The molecule has 0 aromatic heterocycles. The Morgan fingerprint density at radius 2 is 1.37 bits per heavy atom. The molecule has 0 fully saturated rings. The zero-order valence-corrected chi connectivity index (χ0v) is 13.6. The average molecular weight is 284 g/mol. The minimum absolute atomic E-state index is 1.29. The summed E-state index contributed by atoms with van der Waals surface area (Å²) in [5.41, 5.74) is 1.29. The van der Waals surface area contributed by atoms with Crippen LogP contribution in [0.4, 0.5) is 0 Å². The first-order chi connectivity index (χ1) is 9.05. The summed E-state index contributed by atoms with van der Waals surface area (Å²) in [5, 5.41) is 0. The van der Waals surface area contributed by atoms with Gasteiger partial charge in [0.2, 0.25) is 0 Å². The zero-order chi connectivity index (χ0) is 13.7. The van der Waals surface area contributed by atoms with Crippen LogP contribution >= 0.6 is 11.8 Å². The molecule has 0 aliphatic heterocycles. The predicted octanol–water partition coefficient (Wildman–Crippen LogP) is 5.70. The first kappa shape index (κ1) is 14.2. The molecule has 0 N–H and O–H groups in total. The van der Waals surface area contributed by atoms with Crippen LogP contribution in [0.5, 0.6) is 0 Å². The zero-order valence-electron chi connectivity index (χ0n) is 11.8. The third-order valence-electron chi connectivity index (χ3n) is 2.81. The highest BCUT2D eigenvalue weighted by molar-refractivity contribution is 8.05. The Morgan fingerprint density at radius 3 is 1.89 bits per heavy atom. The Bertz CT molecular complexity index is 538. The summed E-state index contributed by atoms with van der Waals surface area (Å²) in [7, 11) is -1.33. The highest BCUT2D eigenvalue weighted by atomic mass is 32.2. The monoisotopic (exact) mass is 284 g/mol. The summed E-state index contributed by atoms with van der Waals surface area (Å²) in [6, 6.07) is 21.3. The van der Waals surface area contributed by atoms with Crippen molar-refractivity contribution in [2.75, 3.05) is 0 Å². The molecule has 0 radical (unpaired) electrons. The maximum Gasteiger partial charge on any atom is 0.0862 e. The van der Waals surface area contributed by atoms with Crippen molar-refractivity contribution in [3.05, 3.63) is 70.8 Å². The van der Waals surface area contributed by atoms with Gasteiger partial charge in [0.1, 0.15) is 0 Å². The van der Waals surface area contributed by atoms with Crippen molar-refractivity contribution in [3.63, 3.8) is 0 Å². The third kappa shape index (κ3) is 4.41. The molecule has 98 valence electrons. The molecule has 0 aliphatic rings. The Hall–Kier alpha value is -1.25. The maximum absolute atomic E-state index is 2.40. The predicted molar refractivity (Wildman–Crippen MR) is 90.1 cm³/mol. The SMILES string of the molecule is C[Si](C)(C)/C(=C\c1ccccc1)Sc1ccccc1. The number of thioether (sulfide) groups is 1. The lowest BCUT2D eigenvalue weighted by Gasteiger charge is -2.20. The summed E-state index contributed by atoms with van der Waals surface area (Å²) >= 11 is 1.91. The highest BCUT2D eigenvalue weighted by Gasteiger charge is 2.20. The molecule has 0 nitrogen and oxygen atoms in total. The number of hydrogen-bond donors (Lipinski definition) is 0. The summed E-state index contributed by atoms with van der Waals surface area (Å²) in [5.74, 6) is 0. The Kier molecular flexibility index (Phi) is 4.67. The van der Waals surface area contributed by atoms with E-state index in [-0.39, 0.29) is 0 Å². The van der Waals surface area contributed by atoms with Gasteiger partial charge in [0.25, 0.3) is 0 Å². The molecule has 0 heterocycles. The second-order valence-corrected chi connectivity index (χ2v) is 12.1. The van der Waals surface area contributed by atoms with Crippen LogP contribution < -0.4 is 0 Å². The van der Waals surface area contributed by atoms with E-state index in [1.54, 1.807) is 0 Å². The number of benzene rings is 2. The van der Waals surface area contributed by atoms with Gasteiger partial charge < -0.3 is 0 Å². The van der Waals surface area contributed by atoms with E-state index >= 15 is 0 Å². The van der Waals surface area contributed by atoms with Gasteiger partial charge in [-0.1, -0.05) is 79.9 Å². The van der Waals surface area contributed by atoms with Gasteiger partial charge in [-0.05, 0) is 28.3 Å². The van der Waals surface area contributed by atoms with Crippen molar-refractivity contribution in [2.24, 2.45) is 0 Å². The van der Waals surface area contributed by atoms with Gasteiger partial charge in [-0.3, -0.25) is 0 Å². The van der Waals surface area contributed by atoms with Crippen LogP contribution in [0.1, 0.15) is 5.56 Å². The molecule has 0 atom stereocenters. The van der Waals surface area contributed by atoms with Gasteiger partial charge in [0, 0.05) is 4.90 Å². The van der Waals surface area contributed by atoms with E-state index in [1.165, 1.54) is 15.0 Å². The standard InChI is InChI=1S/C17H20SSi/c1-19(2,3)17(14-15-10-6-4-7-11-15)18-16-12-8-5-9-13-16/h4-14H,1-3H3/b17-14-. The van der Waals surface area contributed by atoms with E-state index < -0.39 is 8.07 Å². The second kappa shape index (κ2) is 6.26. The maximum atomic E-state index is 2.40. The molecule has 0 unspecified atom stereocenters. The largest absolute Gasteiger partial charge is 0.0991 e. The molecule has 0 bridgehead atoms. The molecule has 0 amide bonds. The molecule has 0 saturated carbocycles. The van der Waals surface area contributed by atoms with Crippen molar-refractivity contribution in [1.29, 1.82) is 0 Å². The lowest BCUT2D eigenvalue weighted by Crippen LogP contribution is -2.21. The van der Waals surface area contributed by atoms with E-state index in [1.807, 2.05) is 11.8 Å². The Balaban J connectivity index is 2.30. The molecular formula is C17H20SSi. The quantitative estimate of drug-likeness (QED) is 0.513. The first-order valence-corrected chi connectivity index (χ1v) is 10.9. The third-order valence-corrected chi connectivity index (χ3v) is 7.42. The molecule has 0 aliphatic carbocycles. The smallest absolute Gasteiger partial charge is 0.0862 e. The van der Waals surface area contributed by atoms with Crippen molar-refractivity contribution in [1.82, 2.24) is 0 Å². The first-order valence-electron chi connectivity index (χ1n) is 6.56. The van der Waals surface area contributed by atoms with Crippen LogP contribution in [-0.4, -0.2) is 8.07 Å². The molecule has 19 heavy (non-hydrogen) atoms. The van der Waals surface area contributed by atoms with Gasteiger partial charge in [0.05, 0.1) is 8.07 Å². The van der Waals surface area contributed by atoms with Crippen LogP contribution in [0.3, 0.4) is 0 Å². The fourth-order valence-corrected chi connectivity index (χ4v) is 4.64. The summed E-state index contributed by atoms with van der Waals surface area (Å²) in [6.45, 7) is 7.20. The summed E-state index contributed by atoms with van der Waals surface area (Å²) in [6.07, 6.45) is 2.35. The normalized spacial score (nSPS) is 12.5. The van der Waals surface area contributed by atoms with Gasteiger partial charge in [-0.25, -0.2) is 0 Å². The number of hydrogen-bond acceptors (Lipinski definition) is 1. The van der Waals surface area contributed by atoms with Gasteiger partial charge in [-0.15, -0.1) is 0 Å². The summed E-state index contributed by atoms with van der Waals surface area (Å²) in [4.78, 5) is 1.33. The minimum Gasteiger partial charge on any atom is -0.0991 e. The molecule has 2 aromatic rings. The van der Waals surface area contributed by atoms with Crippen LogP contribution in [0, 0.1) is 0 Å². The van der Waals surface area contributed by atoms with E-state index in [9.17, 15) is 0 Å².